The molecule has 3 aromatic rings. The molecule has 0 bridgehead atoms. The van der Waals surface area contributed by atoms with Gasteiger partial charge in [0.25, 0.3) is 0 Å². The quantitative estimate of drug-likeness (QED) is 0.482. The summed E-state index contributed by atoms with van der Waals surface area (Å²) in [5.74, 6) is -1.07. The van der Waals surface area contributed by atoms with Gasteiger partial charge in [-0.05, 0) is 34.9 Å². The Bertz CT molecular complexity index is 1010. The van der Waals surface area contributed by atoms with Crippen molar-refractivity contribution in [2.45, 2.75) is 13.0 Å². The van der Waals surface area contributed by atoms with Gasteiger partial charge in [0, 0.05) is 36.0 Å². The third kappa shape index (κ3) is 6.10. The van der Waals surface area contributed by atoms with E-state index in [-0.39, 0.29) is 5.91 Å². The van der Waals surface area contributed by atoms with Crippen LogP contribution in [0.2, 0.25) is 0 Å². The van der Waals surface area contributed by atoms with Crippen molar-refractivity contribution in [2.24, 2.45) is 7.05 Å². The summed E-state index contributed by atoms with van der Waals surface area (Å²) in [6.07, 6.45) is 10.9. The smallest absolute Gasteiger partial charge is 0.328 e. The Morgan fingerprint density at radius 3 is 2.10 bits per heavy atom. The molecule has 2 heterocycles. The lowest BCUT2D eigenvalue weighted by Crippen LogP contribution is -2.34. The topological polar surface area (TPSA) is 74.2 Å². The third-order valence-corrected chi connectivity index (χ3v) is 4.41. The second-order valence-corrected chi connectivity index (χ2v) is 6.67. The second-order valence-electron chi connectivity index (χ2n) is 6.67. The number of benzene rings is 1. The van der Waals surface area contributed by atoms with Gasteiger partial charge in [-0.15, -0.1) is 0 Å². The van der Waals surface area contributed by atoms with Gasteiger partial charge in [0.15, 0.2) is 31.3 Å². The zero-order valence-corrected chi connectivity index (χ0v) is 16.2. The average Bonchev–Trinajstić information content (AvgIpc) is 2.73. The number of carbonyl (C=O) groups excluding carboxylic acids is 1. The molecule has 1 amide bonds. The Balaban J connectivity index is 1.51. The standard InChI is InChI=1S/C23H21N3O3/c1-25-13-8-19(9-14-25)20-10-15-26(16-11-20)17-12-22(27)24-21-5-2-18(3-6-21)4-7-23(28)29/h2-11,13-16H,12,17H2,1H3/p+2/b7-4+. The van der Waals surface area contributed by atoms with Crippen molar-refractivity contribution in [1.29, 1.82) is 0 Å². The molecule has 6 heteroatoms. The van der Waals surface area contributed by atoms with Crippen molar-refractivity contribution in [1.82, 2.24) is 0 Å². The molecular weight excluding hydrogens is 366 g/mol. The average molecular weight is 389 g/mol. The number of aryl methyl sites for hydroxylation is 2. The van der Waals surface area contributed by atoms with Gasteiger partial charge in [-0.1, -0.05) is 12.1 Å². The van der Waals surface area contributed by atoms with Gasteiger partial charge in [0.2, 0.25) is 5.91 Å². The summed E-state index contributed by atoms with van der Waals surface area (Å²) >= 11 is 0. The second kappa shape index (κ2) is 9.41. The van der Waals surface area contributed by atoms with E-state index in [0.717, 1.165) is 22.8 Å². The minimum Gasteiger partial charge on any atom is -0.478 e. The van der Waals surface area contributed by atoms with Crippen LogP contribution in [0.5, 0.6) is 0 Å². The van der Waals surface area contributed by atoms with Gasteiger partial charge in [-0.25, -0.2) is 13.9 Å². The largest absolute Gasteiger partial charge is 0.478 e. The third-order valence-electron chi connectivity index (χ3n) is 4.41. The highest BCUT2D eigenvalue weighted by atomic mass is 16.4. The monoisotopic (exact) mass is 389 g/mol. The van der Waals surface area contributed by atoms with Crippen LogP contribution in [0.25, 0.3) is 17.2 Å². The first-order valence-electron chi connectivity index (χ1n) is 9.25. The number of anilines is 1. The Hall–Kier alpha value is -3.80. The molecule has 6 nitrogen and oxygen atoms in total. The highest BCUT2D eigenvalue weighted by Crippen LogP contribution is 2.15. The van der Waals surface area contributed by atoms with Gasteiger partial charge in [-0.2, -0.15) is 0 Å². The summed E-state index contributed by atoms with van der Waals surface area (Å²) < 4.78 is 3.97. The number of rotatable bonds is 7. The summed E-state index contributed by atoms with van der Waals surface area (Å²) in [6.45, 7) is 0.579. The van der Waals surface area contributed by atoms with Crippen LogP contribution < -0.4 is 14.5 Å². The highest BCUT2D eigenvalue weighted by molar-refractivity contribution is 5.90. The number of nitrogens with zero attached hydrogens (tertiary/aromatic N) is 2. The number of hydrogen-bond acceptors (Lipinski definition) is 2. The molecule has 0 aliphatic heterocycles. The number of nitrogens with one attached hydrogen (secondary N) is 1. The molecule has 0 saturated carbocycles. The van der Waals surface area contributed by atoms with Gasteiger partial charge in [-0.3, -0.25) is 4.79 Å². The van der Waals surface area contributed by atoms with E-state index in [1.54, 1.807) is 24.3 Å². The van der Waals surface area contributed by atoms with Crippen molar-refractivity contribution in [3.05, 3.63) is 85.0 Å². The summed E-state index contributed by atoms with van der Waals surface area (Å²) in [5.41, 5.74) is 3.71. The normalized spacial score (nSPS) is 10.8. The first-order chi connectivity index (χ1) is 14.0. The lowest BCUT2D eigenvalue weighted by molar-refractivity contribution is -0.695. The molecule has 3 rings (SSSR count). The fourth-order valence-corrected chi connectivity index (χ4v) is 2.79. The van der Waals surface area contributed by atoms with E-state index in [1.807, 2.05) is 53.1 Å². The predicted molar refractivity (Wildman–Crippen MR) is 110 cm³/mol. The fourth-order valence-electron chi connectivity index (χ4n) is 2.79. The van der Waals surface area contributed by atoms with Crippen molar-refractivity contribution in [3.8, 4) is 11.1 Å². The van der Waals surface area contributed by atoms with Crippen molar-refractivity contribution in [2.75, 3.05) is 5.32 Å². The van der Waals surface area contributed by atoms with Crippen LogP contribution in [0.15, 0.2) is 79.4 Å². The summed E-state index contributed by atoms with van der Waals surface area (Å²) in [5, 5.41) is 11.5. The Morgan fingerprint density at radius 2 is 1.52 bits per heavy atom. The molecule has 0 spiro atoms. The van der Waals surface area contributed by atoms with E-state index < -0.39 is 5.97 Å². The van der Waals surface area contributed by atoms with Crippen LogP contribution in [-0.4, -0.2) is 17.0 Å². The lowest BCUT2D eigenvalue weighted by atomic mass is 10.1. The Kier molecular flexibility index (Phi) is 6.47. The summed E-state index contributed by atoms with van der Waals surface area (Å²) in [6, 6.07) is 15.2. The summed E-state index contributed by atoms with van der Waals surface area (Å²) in [4.78, 5) is 22.7. The minimum absolute atomic E-state index is 0.0778. The number of carboxylic acids is 1. The molecule has 29 heavy (non-hydrogen) atoms. The van der Waals surface area contributed by atoms with E-state index in [4.69, 9.17) is 5.11 Å². The number of hydrogen-bond donors (Lipinski definition) is 2. The molecule has 2 N–H and O–H groups in total. The molecule has 0 saturated heterocycles. The number of amides is 1. The molecular formula is C23H23N3O3+2. The molecule has 0 aliphatic rings. The van der Waals surface area contributed by atoms with Crippen LogP contribution in [-0.2, 0) is 23.2 Å². The first-order valence-corrected chi connectivity index (χ1v) is 9.25. The Morgan fingerprint density at radius 1 is 0.931 bits per heavy atom. The maximum atomic E-state index is 12.2. The molecule has 0 unspecified atom stereocenters. The molecule has 146 valence electrons. The zero-order chi connectivity index (χ0) is 20.6. The van der Waals surface area contributed by atoms with Gasteiger partial charge >= 0.3 is 5.97 Å². The number of aliphatic carboxylic acids is 1. The van der Waals surface area contributed by atoms with Crippen molar-refractivity contribution >= 4 is 23.6 Å². The van der Waals surface area contributed by atoms with Crippen molar-refractivity contribution in [3.63, 3.8) is 0 Å². The maximum Gasteiger partial charge on any atom is 0.328 e. The van der Waals surface area contributed by atoms with E-state index in [0.29, 0.717) is 18.7 Å². The van der Waals surface area contributed by atoms with Gasteiger partial charge in [0.05, 0.1) is 6.42 Å². The maximum absolute atomic E-state index is 12.2. The molecule has 2 aromatic heterocycles. The molecule has 0 radical (unpaired) electrons. The summed E-state index contributed by atoms with van der Waals surface area (Å²) in [7, 11) is 1.98. The number of aromatic nitrogens is 2. The van der Waals surface area contributed by atoms with E-state index in [9.17, 15) is 9.59 Å². The molecule has 0 fully saturated rings. The Labute approximate surface area is 169 Å². The first kappa shape index (κ1) is 19.9. The van der Waals surface area contributed by atoms with Gasteiger partial charge in [0.1, 0.15) is 7.05 Å². The minimum atomic E-state index is -0.995. The number of carboxylic acid groups (broad SMARTS) is 1. The number of carbonyl (C=O) groups is 2. The highest BCUT2D eigenvalue weighted by Gasteiger charge is 2.08. The molecule has 1 aromatic carbocycles. The predicted octanol–water partition coefficient (Wildman–Crippen LogP) is 2.59. The molecule has 0 atom stereocenters. The number of pyridine rings is 2. The van der Waals surface area contributed by atoms with Crippen LogP contribution >= 0.6 is 0 Å². The van der Waals surface area contributed by atoms with Crippen LogP contribution in [0.4, 0.5) is 5.69 Å². The van der Waals surface area contributed by atoms with E-state index >= 15 is 0 Å². The van der Waals surface area contributed by atoms with E-state index in [1.165, 1.54) is 6.08 Å². The SMILES string of the molecule is C[n+]1ccc(-c2cc[n+](CCC(=O)Nc3ccc(/C=C/C(=O)O)cc3)cc2)cc1. The van der Waals surface area contributed by atoms with Gasteiger partial charge < -0.3 is 10.4 Å². The molecule has 0 aliphatic carbocycles. The van der Waals surface area contributed by atoms with E-state index in [2.05, 4.69) is 17.4 Å². The zero-order valence-electron chi connectivity index (χ0n) is 16.2. The van der Waals surface area contributed by atoms with Crippen LogP contribution in [0.1, 0.15) is 12.0 Å². The fraction of sp³-hybridized carbons (Fsp3) is 0.130. The lowest BCUT2D eigenvalue weighted by Gasteiger charge is -2.05. The van der Waals surface area contributed by atoms with Crippen molar-refractivity contribution < 1.29 is 23.8 Å². The van der Waals surface area contributed by atoms with Crippen LogP contribution in [0, 0.1) is 0 Å². The van der Waals surface area contributed by atoms with Crippen LogP contribution in [0.3, 0.4) is 0 Å².